The highest BCUT2D eigenvalue weighted by Crippen LogP contribution is 2.35. The molecule has 94 valence electrons. The van der Waals surface area contributed by atoms with Gasteiger partial charge in [-0.25, -0.2) is 0 Å². The van der Waals surface area contributed by atoms with Gasteiger partial charge in [0.05, 0.1) is 0 Å². The summed E-state index contributed by atoms with van der Waals surface area (Å²) in [6.45, 7) is 0. The first-order valence-electron chi connectivity index (χ1n) is 6.94. The molecule has 0 bridgehead atoms. The molecule has 0 radical (unpaired) electrons. The summed E-state index contributed by atoms with van der Waals surface area (Å²) in [6.07, 6.45) is 10.5. The highest BCUT2D eigenvalue weighted by atomic mass is 14.7. The molecule has 1 aromatic carbocycles. The Morgan fingerprint density at radius 2 is 1.83 bits per heavy atom. The standard InChI is InChI=1S/C16H20N2/c17-16(12-6-2-1-3-7-12)15-11-18-10-13-8-4-5-9-14(13)15/h4-5,8-12,16H,1-3,6-7,17H2. The molecule has 2 aromatic rings. The van der Waals surface area contributed by atoms with Crippen molar-refractivity contribution in [3.05, 3.63) is 42.2 Å². The molecule has 2 N–H and O–H groups in total. The molecule has 0 amide bonds. The molecule has 2 nitrogen and oxygen atoms in total. The van der Waals surface area contributed by atoms with Crippen molar-refractivity contribution in [1.29, 1.82) is 0 Å². The Bertz CT molecular complexity index is 524. The first-order chi connectivity index (χ1) is 8.86. The molecule has 2 heteroatoms. The molecular formula is C16H20N2. The van der Waals surface area contributed by atoms with Crippen LogP contribution in [0.25, 0.3) is 10.8 Å². The number of aromatic nitrogens is 1. The number of fused-ring (bicyclic) bond motifs is 1. The van der Waals surface area contributed by atoms with Crippen LogP contribution in [-0.4, -0.2) is 4.98 Å². The summed E-state index contributed by atoms with van der Waals surface area (Å²) in [5.74, 6) is 0.631. The fourth-order valence-electron chi connectivity index (χ4n) is 3.15. The van der Waals surface area contributed by atoms with Crippen LogP contribution >= 0.6 is 0 Å². The van der Waals surface area contributed by atoms with E-state index in [0.29, 0.717) is 5.92 Å². The van der Waals surface area contributed by atoms with Crippen LogP contribution in [0.15, 0.2) is 36.7 Å². The highest BCUT2D eigenvalue weighted by Gasteiger charge is 2.23. The molecule has 1 aromatic heterocycles. The molecule has 1 fully saturated rings. The van der Waals surface area contributed by atoms with Crippen molar-refractivity contribution < 1.29 is 0 Å². The molecule has 0 saturated heterocycles. The maximum Gasteiger partial charge on any atom is 0.0346 e. The minimum atomic E-state index is 0.142. The second kappa shape index (κ2) is 5.07. The molecule has 1 aliphatic rings. The van der Waals surface area contributed by atoms with E-state index >= 15 is 0 Å². The van der Waals surface area contributed by atoms with E-state index in [2.05, 4.69) is 29.2 Å². The second-order valence-corrected chi connectivity index (χ2v) is 5.37. The van der Waals surface area contributed by atoms with Crippen molar-refractivity contribution in [3.63, 3.8) is 0 Å². The van der Waals surface area contributed by atoms with Gasteiger partial charge in [-0.05, 0) is 29.7 Å². The molecule has 1 heterocycles. The van der Waals surface area contributed by atoms with E-state index in [0.717, 1.165) is 0 Å². The molecule has 1 aliphatic carbocycles. The lowest BCUT2D eigenvalue weighted by atomic mass is 9.81. The molecule has 1 saturated carbocycles. The van der Waals surface area contributed by atoms with Gasteiger partial charge in [-0.1, -0.05) is 43.5 Å². The van der Waals surface area contributed by atoms with E-state index in [1.54, 1.807) is 0 Å². The molecule has 0 spiro atoms. The number of hydrogen-bond donors (Lipinski definition) is 1. The fourth-order valence-corrected chi connectivity index (χ4v) is 3.15. The zero-order chi connectivity index (χ0) is 12.4. The summed E-state index contributed by atoms with van der Waals surface area (Å²) < 4.78 is 0. The van der Waals surface area contributed by atoms with Crippen molar-refractivity contribution in [2.75, 3.05) is 0 Å². The average Bonchev–Trinajstić information content (AvgIpc) is 2.47. The third-order valence-electron chi connectivity index (χ3n) is 4.22. The number of pyridine rings is 1. The number of nitrogens with two attached hydrogens (primary N) is 1. The van der Waals surface area contributed by atoms with E-state index in [1.165, 1.54) is 48.4 Å². The van der Waals surface area contributed by atoms with Crippen LogP contribution in [0.1, 0.15) is 43.7 Å². The molecule has 18 heavy (non-hydrogen) atoms. The van der Waals surface area contributed by atoms with E-state index < -0.39 is 0 Å². The van der Waals surface area contributed by atoms with E-state index in [4.69, 9.17) is 5.73 Å². The van der Waals surface area contributed by atoms with Crippen LogP contribution in [0.4, 0.5) is 0 Å². The van der Waals surface area contributed by atoms with Crippen LogP contribution < -0.4 is 5.73 Å². The van der Waals surface area contributed by atoms with Gasteiger partial charge in [0.1, 0.15) is 0 Å². The summed E-state index contributed by atoms with van der Waals surface area (Å²) in [5.41, 5.74) is 7.72. The lowest BCUT2D eigenvalue weighted by Crippen LogP contribution is -2.23. The Kier molecular flexibility index (Phi) is 3.28. The SMILES string of the molecule is NC(c1cncc2ccccc12)C1CCCCC1. The summed E-state index contributed by atoms with van der Waals surface area (Å²) in [6, 6.07) is 8.55. The smallest absolute Gasteiger partial charge is 0.0346 e. The average molecular weight is 240 g/mol. The maximum absolute atomic E-state index is 6.50. The quantitative estimate of drug-likeness (QED) is 0.866. The van der Waals surface area contributed by atoms with Gasteiger partial charge in [0, 0.05) is 23.8 Å². The third kappa shape index (κ3) is 2.13. The van der Waals surface area contributed by atoms with Crippen LogP contribution in [0.5, 0.6) is 0 Å². The summed E-state index contributed by atoms with van der Waals surface area (Å²) in [7, 11) is 0. The van der Waals surface area contributed by atoms with Crippen molar-refractivity contribution in [2.45, 2.75) is 38.1 Å². The summed E-state index contributed by atoms with van der Waals surface area (Å²) in [5, 5.41) is 2.46. The third-order valence-corrected chi connectivity index (χ3v) is 4.22. The Morgan fingerprint density at radius 1 is 1.06 bits per heavy atom. The van der Waals surface area contributed by atoms with Crippen LogP contribution in [0, 0.1) is 5.92 Å². The Morgan fingerprint density at radius 3 is 2.67 bits per heavy atom. The lowest BCUT2D eigenvalue weighted by molar-refractivity contribution is 0.309. The Balaban J connectivity index is 1.97. The molecule has 0 aliphatic heterocycles. The summed E-state index contributed by atoms with van der Waals surface area (Å²) >= 11 is 0. The summed E-state index contributed by atoms with van der Waals surface area (Å²) in [4.78, 5) is 4.35. The Labute approximate surface area is 108 Å². The Hall–Kier alpha value is -1.41. The van der Waals surface area contributed by atoms with Gasteiger partial charge >= 0.3 is 0 Å². The minimum absolute atomic E-state index is 0.142. The monoisotopic (exact) mass is 240 g/mol. The largest absolute Gasteiger partial charge is 0.324 e. The number of rotatable bonds is 2. The van der Waals surface area contributed by atoms with Crippen LogP contribution in [0.2, 0.25) is 0 Å². The first kappa shape index (κ1) is 11.7. The van der Waals surface area contributed by atoms with Gasteiger partial charge in [-0.2, -0.15) is 0 Å². The van der Waals surface area contributed by atoms with Crippen molar-refractivity contribution in [1.82, 2.24) is 4.98 Å². The minimum Gasteiger partial charge on any atom is -0.324 e. The van der Waals surface area contributed by atoms with Gasteiger partial charge in [-0.3, -0.25) is 4.98 Å². The van der Waals surface area contributed by atoms with Crippen molar-refractivity contribution in [3.8, 4) is 0 Å². The van der Waals surface area contributed by atoms with Crippen molar-refractivity contribution >= 4 is 10.8 Å². The maximum atomic E-state index is 6.50. The normalized spacial score (nSPS) is 18.9. The molecule has 1 atom stereocenters. The number of benzene rings is 1. The van der Waals surface area contributed by atoms with Crippen molar-refractivity contribution in [2.24, 2.45) is 11.7 Å². The van der Waals surface area contributed by atoms with Crippen LogP contribution in [-0.2, 0) is 0 Å². The van der Waals surface area contributed by atoms with Gasteiger partial charge in [0.25, 0.3) is 0 Å². The van der Waals surface area contributed by atoms with Gasteiger partial charge in [0.15, 0.2) is 0 Å². The highest BCUT2D eigenvalue weighted by molar-refractivity contribution is 5.85. The fraction of sp³-hybridized carbons (Fsp3) is 0.438. The predicted molar refractivity (Wildman–Crippen MR) is 75.2 cm³/mol. The van der Waals surface area contributed by atoms with E-state index in [-0.39, 0.29) is 6.04 Å². The first-order valence-corrected chi connectivity index (χ1v) is 6.94. The van der Waals surface area contributed by atoms with Gasteiger partial charge in [0.2, 0.25) is 0 Å². The second-order valence-electron chi connectivity index (χ2n) is 5.37. The zero-order valence-corrected chi connectivity index (χ0v) is 10.7. The van der Waals surface area contributed by atoms with Crippen LogP contribution in [0.3, 0.4) is 0 Å². The van der Waals surface area contributed by atoms with E-state index in [1.807, 2.05) is 12.4 Å². The molecule has 3 rings (SSSR count). The molecular weight excluding hydrogens is 220 g/mol. The van der Waals surface area contributed by atoms with E-state index in [9.17, 15) is 0 Å². The number of hydrogen-bond acceptors (Lipinski definition) is 2. The number of nitrogens with zero attached hydrogens (tertiary/aromatic N) is 1. The van der Waals surface area contributed by atoms with Gasteiger partial charge in [-0.15, -0.1) is 0 Å². The van der Waals surface area contributed by atoms with Gasteiger partial charge < -0.3 is 5.73 Å². The lowest BCUT2D eigenvalue weighted by Gasteiger charge is -2.28. The topological polar surface area (TPSA) is 38.9 Å². The zero-order valence-electron chi connectivity index (χ0n) is 10.7. The predicted octanol–water partition coefficient (Wildman–Crippen LogP) is 3.81. The molecule has 1 unspecified atom stereocenters.